The summed E-state index contributed by atoms with van der Waals surface area (Å²) in [5.41, 5.74) is 4.62. The summed E-state index contributed by atoms with van der Waals surface area (Å²) in [7, 11) is 0. The van der Waals surface area contributed by atoms with Gasteiger partial charge in [-0.3, -0.25) is 9.59 Å². The van der Waals surface area contributed by atoms with Crippen molar-refractivity contribution >= 4 is 35.2 Å². The Morgan fingerprint density at radius 1 is 1.00 bits per heavy atom. The van der Waals surface area contributed by atoms with E-state index in [0.717, 1.165) is 17.7 Å². The molecule has 0 saturated heterocycles. The van der Waals surface area contributed by atoms with Gasteiger partial charge >= 0.3 is 0 Å². The number of hydrogen-bond acceptors (Lipinski definition) is 3. The van der Waals surface area contributed by atoms with Gasteiger partial charge < -0.3 is 10.2 Å². The number of nitrogens with one attached hydrogen (secondary N) is 1. The molecule has 0 saturated carbocycles. The van der Waals surface area contributed by atoms with Crippen LogP contribution in [0.3, 0.4) is 0 Å². The van der Waals surface area contributed by atoms with Gasteiger partial charge in [0.25, 0.3) is 0 Å². The molecule has 0 radical (unpaired) electrons. The van der Waals surface area contributed by atoms with E-state index in [1.54, 1.807) is 16.7 Å². The van der Waals surface area contributed by atoms with E-state index in [4.69, 9.17) is 11.6 Å². The molecule has 2 aromatic rings. The van der Waals surface area contributed by atoms with Crippen molar-refractivity contribution in [2.45, 2.75) is 71.8 Å². The normalized spacial score (nSPS) is 12.8. The Bertz CT molecular complexity index is 881. The minimum Gasteiger partial charge on any atom is -0.352 e. The van der Waals surface area contributed by atoms with Crippen molar-refractivity contribution in [2.24, 2.45) is 0 Å². The van der Waals surface area contributed by atoms with Gasteiger partial charge in [0.1, 0.15) is 6.04 Å². The number of amides is 2. The molecule has 2 unspecified atom stereocenters. The molecule has 2 atom stereocenters. The van der Waals surface area contributed by atoms with Gasteiger partial charge in [0, 0.05) is 23.4 Å². The third-order valence-electron chi connectivity index (χ3n) is 5.43. The van der Waals surface area contributed by atoms with Crippen molar-refractivity contribution in [3.8, 4) is 0 Å². The van der Waals surface area contributed by atoms with E-state index in [0.29, 0.717) is 23.7 Å². The van der Waals surface area contributed by atoms with Crippen LogP contribution in [-0.4, -0.2) is 34.6 Å². The summed E-state index contributed by atoms with van der Waals surface area (Å²) in [4.78, 5) is 28.0. The first-order valence-electron chi connectivity index (χ1n) is 11.2. The van der Waals surface area contributed by atoms with Gasteiger partial charge in [-0.2, -0.15) is 0 Å². The van der Waals surface area contributed by atoms with Crippen molar-refractivity contribution in [1.82, 2.24) is 10.2 Å². The smallest absolute Gasteiger partial charge is 0.243 e. The van der Waals surface area contributed by atoms with Crippen molar-refractivity contribution in [2.75, 3.05) is 5.75 Å². The average molecular weight is 475 g/mol. The van der Waals surface area contributed by atoms with Crippen LogP contribution in [-0.2, 0) is 21.9 Å². The fourth-order valence-electron chi connectivity index (χ4n) is 3.64. The van der Waals surface area contributed by atoms with Gasteiger partial charge in [0.2, 0.25) is 11.8 Å². The van der Waals surface area contributed by atoms with E-state index in [9.17, 15) is 9.59 Å². The molecule has 0 bridgehead atoms. The third kappa shape index (κ3) is 8.18. The molecule has 4 nitrogen and oxygen atoms in total. The highest BCUT2D eigenvalue weighted by Gasteiger charge is 2.29. The van der Waals surface area contributed by atoms with E-state index in [1.807, 2.05) is 45.0 Å². The monoisotopic (exact) mass is 474 g/mol. The van der Waals surface area contributed by atoms with E-state index in [-0.39, 0.29) is 17.9 Å². The van der Waals surface area contributed by atoms with Gasteiger partial charge in [-0.25, -0.2) is 0 Å². The lowest BCUT2D eigenvalue weighted by Crippen LogP contribution is -2.51. The zero-order valence-electron chi connectivity index (χ0n) is 19.8. The lowest BCUT2D eigenvalue weighted by Gasteiger charge is -2.31. The molecule has 0 aliphatic carbocycles. The highest BCUT2D eigenvalue weighted by molar-refractivity contribution is 7.99. The SMILES string of the molecule is CCC(C)NC(=O)C(CC)N(Cc1ccc(Cl)cc1)C(=O)CSCc1cc(C)cc(C)c1. The Morgan fingerprint density at radius 3 is 2.19 bits per heavy atom. The number of thioether (sulfide) groups is 1. The van der Waals surface area contributed by atoms with Crippen molar-refractivity contribution in [3.05, 3.63) is 69.7 Å². The van der Waals surface area contributed by atoms with Crippen molar-refractivity contribution in [3.63, 3.8) is 0 Å². The van der Waals surface area contributed by atoms with E-state index < -0.39 is 6.04 Å². The summed E-state index contributed by atoms with van der Waals surface area (Å²) in [5, 5.41) is 3.69. The van der Waals surface area contributed by atoms with E-state index >= 15 is 0 Å². The van der Waals surface area contributed by atoms with Crippen LogP contribution < -0.4 is 5.32 Å². The molecule has 0 aromatic heterocycles. The second kappa shape index (κ2) is 12.9. The molecule has 1 N–H and O–H groups in total. The predicted octanol–water partition coefficient (Wildman–Crippen LogP) is 5.91. The maximum Gasteiger partial charge on any atom is 0.243 e. The van der Waals surface area contributed by atoms with Crippen LogP contribution in [0.15, 0.2) is 42.5 Å². The zero-order chi connectivity index (χ0) is 23.7. The first kappa shape index (κ1) is 26.3. The van der Waals surface area contributed by atoms with Crippen LogP contribution in [0.1, 0.15) is 55.9 Å². The minimum atomic E-state index is -0.506. The number of aryl methyl sites for hydroxylation is 2. The summed E-state index contributed by atoms with van der Waals surface area (Å²) < 4.78 is 0. The second-order valence-corrected chi connectivity index (χ2v) is 9.80. The Kier molecular flexibility index (Phi) is 10.6. The van der Waals surface area contributed by atoms with Gasteiger partial charge in [-0.1, -0.05) is 66.9 Å². The summed E-state index contributed by atoms with van der Waals surface area (Å²) in [6, 6.07) is 13.5. The molecule has 6 heteroatoms. The molecule has 0 aliphatic rings. The third-order valence-corrected chi connectivity index (χ3v) is 6.67. The summed E-state index contributed by atoms with van der Waals surface area (Å²) in [5.74, 6) is 0.969. The summed E-state index contributed by atoms with van der Waals surface area (Å²) >= 11 is 7.61. The Hall–Kier alpha value is -1.98. The molecular formula is C26H35ClN2O2S. The number of rotatable bonds is 11. The minimum absolute atomic E-state index is 0.0273. The summed E-state index contributed by atoms with van der Waals surface area (Å²) in [6.45, 7) is 10.5. The molecule has 32 heavy (non-hydrogen) atoms. The molecule has 0 heterocycles. The maximum absolute atomic E-state index is 13.3. The average Bonchev–Trinajstić information content (AvgIpc) is 2.74. The molecule has 2 aromatic carbocycles. The number of carbonyl (C=O) groups is 2. The van der Waals surface area contributed by atoms with Crippen LogP contribution in [0.25, 0.3) is 0 Å². The van der Waals surface area contributed by atoms with Crippen LogP contribution in [0.2, 0.25) is 5.02 Å². The van der Waals surface area contributed by atoms with Gasteiger partial charge in [0.05, 0.1) is 5.75 Å². The Balaban J connectivity index is 2.14. The molecule has 0 spiro atoms. The first-order chi connectivity index (χ1) is 15.2. The van der Waals surface area contributed by atoms with Gasteiger partial charge in [0.15, 0.2) is 0 Å². The standard InChI is InChI=1S/C26H35ClN2O2S/c1-6-20(5)28-26(31)24(7-2)29(15-21-8-10-23(27)11-9-21)25(30)17-32-16-22-13-18(3)12-19(4)14-22/h8-14,20,24H,6-7,15-17H2,1-5H3,(H,28,31). The number of halogens is 1. The van der Waals surface area contributed by atoms with Crippen LogP contribution in [0, 0.1) is 13.8 Å². The highest BCUT2D eigenvalue weighted by Crippen LogP contribution is 2.20. The van der Waals surface area contributed by atoms with Crippen LogP contribution in [0.4, 0.5) is 0 Å². The van der Waals surface area contributed by atoms with Crippen LogP contribution >= 0.6 is 23.4 Å². The molecule has 2 amide bonds. The lowest BCUT2D eigenvalue weighted by molar-refractivity contribution is -0.139. The highest BCUT2D eigenvalue weighted by atomic mass is 35.5. The number of hydrogen-bond donors (Lipinski definition) is 1. The maximum atomic E-state index is 13.3. The molecule has 0 fully saturated rings. The second-order valence-electron chi connectivity index (χ2n) is 8.38. The Morgan fingerprint density at radius 2 is 1.62 bits per heavy atom. The number of carbonyl (C=O) groups excluding carboxylic acids is 2. The summed E-state index contributed by atoms with van der Waals surface area (Å²) in [6.07, 6.45) is 1.41. The fourth-order valence-corrected chi connectivity index (χ4v) is 4.61. The lowest BCUT2D eigenvalue weighted by atomic mass is 10.1. The van der Waals surface area contributed by atoms with Crippen LogP contribution in [0.5, 0.6) is 0 Å². The van der Waals surface area contributed by atoms with E-state index in [1.165, 1.54) is 16.7 Å². The van der Waals surface area contributed by atoms with Gasteiger partial charge in [-0.05, 0) is 56.9 Å². The van der Waals surface area contributed by atoms with Crippen molar-refractivity contribution < 1.29 is 9.59 Å². The molecular weight excluding hydrogens is 440 g/mol. The first-order valence-corrected chi connectivity index (χ1v) is 12.8. The van der Waals surface area contributed by atoms with E-state index in [2.05, 4.69) is 37.4 Å². The fraction of sp³-hybridized carbons (Fsp3) is 0.462. The predicted molar refractivity (Wildman–Crippen MR) is 136 cm³/mol. The molecule has 2 rings (SSSR count). The molecule has 0 aliphatic heterocycles. The quantitative estimate of drug-likeness (QED) is 0.440. The topological polar surface area (TPSA) is 49.4 Å². The number of benzene rings is 2. The van der Waals surface area contributed by atoms with Crippen molar-refractivity contribution in [1.29, 1.82) is 0 Å². The Labute approximate surface area is 202 Å². The molecule has 174 valence electrons. The van der Waals surface area contributed by atoms with Gasteiger partial charge in [-0.15, -0.1) is 11.8 Å². The zero-order valence-corrected chi connectivity index (χ0v) is 21.4. The number of nitrogens with zero attached hydrogens (tertiary/aromatic N) is 1. The largest absolute Gasteiger partial charge is 0.352 e.